The number of para-hydroxylation sites is 1. The molecule has 4 rings (SSSR count). The van der Waals surface area contributed by atoms with Gasteiger partial charge in [0.1, 0.15) is 10.7 Å². The minimum atomic E-state index is -4.17. The smallest absolute Gasteiger partial charge is 0.287 e. The van der Waals surface area contributed by atoms with E-state index < -0.39 is 21.9 Å². The Hall–Kier alpha value is -2.97. The molecule has 6 nitrogen and oxygen atoms in total. The number of pyridine rings is 1. The number of anilines is 2. The van der Waals surface area contributed by atoms with Crippen LogP contribution in [0.3, 0.4) is 0 Å². The summed E-state index contributed by atoms with van der Waals surface area (Å²) < 4.78 is 41.4. The SMILES string of the molecule is Cc1ccc(N2C(=O)N(Cc3c(F)cccc3Cl)c3ccccc3S2(=O)=O)cn1. The van der Waals surface area contributed by atoms with Crippen molar-refractivity contribution in [3.05, 3.63) is 82.9 Å². The number of amides is 2. The van der Waals surface area contributed by atoms with E-state index in [-0.39, 0.29) is 33.4 Å². The monoisotopic (exact) mass is 431 g/mol. The molecule has 29 heavy (non-hydrogen) atoms. The van der Waals surface area contributed by atoms with Crippen LogP contribution in [-0.2, 0) is 16.6 Å². The fourth-order valence-corrected chi connectivity index (χ4v) is 4.94. The van der Waals surface area contributed by atoms with Crippen molar-refractivity contribution in [1.82, 2.24) is 4.98 Å². The summed E-state index contributed by atoms with van der Waals surface area (Å²) in [4.78, 5) is 18.5. The van der Waals surface area contributed by atoms with Gasteiger partial charge in [0.05, 0.1) is 24.1 Å². The Bertz CT molecular complexity index is 1200. The van der Waals surface area contributed by atoms with Crippen molar-refractivity contribution >= 4 is 39.0 Å². The normalized spacial score (nSPS) is 15.3. The lowest BCUT2D eigenvalue weighted by Gasteiger charge is -2.36. The maximum atomic E-state index is 14.4. The van der Waals surface area contributed by atoms with E-state index in [1.165, 1.54) is 47.5 Å². The molecule has 1 aliphatic rings. The lowest BCUT2D eigenvalue weighted by atomic mass is 10.2. The van der Waals surface area contributed by atoms with Crippen LogP contribution >= 0.6 is 11.6 Å². The summed E-state index contributed by atoms with van der Waals surface area (Å²) in [6.07, 6.45) is 1.31. The summed E-state index contributed by atoms with van der Waals surface area (Å²) in [5.74, 6) is -0.584. The van der Waals surface area contributed by atoms with Crippen LogP contribution in [0.5, 0.6) is 0 Å². The molecule has 148 valence electrons. The molecule has 3 aromatic rings. The van der Waals surface area contributed by atoms with E-state index in [2.05, 4.69) is 4.98 Å². The van der Waals surface area contributed by atoms with Crippen molar-refractivity contribution < 1.29 is 17.6 Å². The lowest BCUT2D eigenvalue weighted by Crippen LogP contribution is -2.50. The molecule has 0 radical (unpaired) electrons. The van der Waals surface area contributed by atoms with Gasteiger partial charge >= 0.3 is 6.03 Å². The highest BCUT2D eigenvalue weighted by Gasteiger charge is 2.42. The molecular formula is C20H15ClFN3O3S. The molecule has 0 N–H and O–H groups in total. The van der Waals surface area contributed by atoms with Crippen LogP contribution in [0, 0.1) is 12.7 Å². The van der Waals surface area contributed by atoms with Gasteiger partial charge in [-0.05, 0) is 43.3 Å². The van der Waals surface area contributed by atoms with Crippen LogP contribution in [0.15, 0.2) is 65.7 Å². The van der Waals surface area contributed by atoms with Crippen LogP contribution in [0.4, 0.5) is 20.6 Å². The number of aromatic nitrogens is 1. The van der Waals surface area contributed by atoms with Crippen molar-refractivity contribution in [2.75, 3.05) is 9.21 Å². The zero-order valence-electron chi connectivity index (χ0n) is 15.2. The van der Waals surface area contributed by atoms with E-state index in [1.807, 2.05) is 0 Å². The Kier molecular flexibility index (Phi) is 4.76. The van der Waals surface area contributed by atoms with Crippen LogP contribution in [-0.4, -0.2) is 19.4 Å². The number of halogens is 2. The summed E-state index contributed by atoms with van der Waals surface area (Å²) in [6, 6.07) is 12.6. The molecule has 1 aromatic heterocycles. The average Bonchev–Trinajstić information content (AvgIpc) is 2.68. The average molecular weight is 432 g/mol. The van der Waals surface area contributed by atoms with Gasteiger partial charge in [0, 0.05) is 16.3 Å². The van der Waals surface area contributed by atoms with Gasteiger partial charge < -0.3 is 0 Å². The first-order valence-electron chi connectivity index (χ1n) is 8.62. The number of carbonyl (C=O) groups is 1. The molecule has 2 heterocycles. The van der Waals surface area contributed by atoms with Gasteiger partial charge in [0.25, 0.3) is 10.0 Å². The molecule has 0 fully saturated rings. The molecule has 9 heteroatoms. The standard InChI is InChI=1S/C20H15ClFN3O3S/c1-13-9-10-14(11-23-13)25-20(26)24(12-15-16(21)5-4-6-17(15)22)18-7-2-3-8-19(18)29(25,27)28/h2-11H,12H2,1H3. The van der Waals surface area contributed by atoms with E-state index in [0.717, 1.165) is 0 Å². The molecule has 0 unspecified atom stereocenters. The highest BCUT2D eigenvalue weighted by Crippen LogP contribution is 2.38. The predicted octanol–water partition coefficient (Wildman–Crippen LogP) is 4.52. The molecular weight excluding hydrogens is 417 g/mol. The second-order valence-electron chi connectivity index (χ2n) is 6.46. The quantitative estimate of drug-likeness (QED) is 0.611. The van der Waals surface area contributed by atoms with Crippen LogP contribution < -0.4 is 9.21 Å². The van der Waals surface area contributed by atoms with Gasteiger partial charge in [0.15, 0.2) is 0 Å². The number of nitrogens with zero attached hydrogens (tertiary/aromatic N) is 3. The number of urea groups is 1. The minimum Gasteiger partial charge on any atom is -0.287 e. The number of aryl methyl sites for hydroxylation is 1. The van der Waals surface area contributed by atoms with E-state index in [1.54, 1.807) is 25.1 Å². The van der Waals surface area contributed by atoms with E-state index in [0.29, 0.717) is 10.00 Å². The molecule has 0 saturated carbocycles. The predicted molar refractivity (Wildman–Crippen MR) is 108 cm³/mol. The Morgan fingerprint density at radius 1 is 1.07 bits per heavy atom. The van der Waals surface area contributed by atoms with Crippen molar-refractivity contribution in [2.24, 2.45) is 0 Å². The zero-order chi connectivity index (χ0) is 20.8. The number of fused-ring (bicyclic) bond motifs is 1. The molecule has 0 atom stereocenters. The Morgan fingerprint density at radius 2 is 1.83 bits per heavy atom. The molecule has 0 bridgehead atoms. The van der Waals surface area contributed by atoms with Gasteiger partial charge in [0.2, 0.25) is 0 Å². The van der Waals surface area contributed by atoms with Gasteiger partial charge in [-0.15, -0.1) is 0 Å². The largest absolute Gasteiger partial charge is 0.343 e. The second kappa shape index (κ2) is 7.13. The van der Waals surface area contributed by atoms with Gasteiger partial charge in [-0.25, -0.2) is 17.6 Å². The highest BCUT2D eigenvalue weighted by molar-refractivity contribution is 7.94. The number of hydrogen-bond donors (Lipinski definition) is 0. The van der Waals surface area contributed by atoms with E-state index >= 15 is 0 Å². The van der Waals surface area contributed by atoms with E-state index in [4.69, 9.17) is 11.6 Å². The number of rotatable bonds is 3. The Morgan fingerprint density at radius 3 is 2.52 bits per heavy atom. The van der Waals surface area contributed by atoms with Gasteiger partial charge in [-0.3, -0.25) is 9.88 Å². The third kappa shape index (κ3) is 3.24. The second-order valence-corrected chi connectivity index (χ2v) is 8.63. The summed E-state index contributed by atoms with van der Waals surface area (Å²) >= 11 is 6.13. The third-order valence-electron chi connectivity index (χ3n) is 4.59. The first-order valence-corrected chi connectivity index (χ1v) is 10.4. The summed E-state index contributed by atoms with van der Waals surface area (Å²) in [7, 11) is -4.17. The summed E-state index contributed by atoms with van der Waals surface area (Å²) in [5, 5.41) is 0.146. The first kappa shape index (κ1) is 19.4. The van der Waals surface area contributed by atoms with Crippen LogP contribution in [0.2, 0.25) is 5.02 Å². The number of carbonyl (C=O) groups excluding carboxylic acids is 1. The fourth-order valence-electron chi connectivity index (χ4n) is 3.14. The first-order chi connectivity index (χ1) is 13.8. The van der Waals surface area contributed by atoms with Crippen molar-refractivity contribution in [3.8, 4) is 0 Å². The van der Waals surface area contributed by atoms with Crippen LogP contribution in [0.25, 0.3) is 0 Å². The maximum absolute atomic E-state index is 14.4. The molecule has 0 saturated heterocycles. The fraction of sp³-hybridized carbons (Fsp3) is 0.100. The van der Waals surface area contributed by atoms with E-state index in [9.17, 15) is 17.6 Å². The Balaban J connectivity index is 1.89. The number of benzene rings is 2. The van der Waals surface area contributed by atoms with Gasteiger partial charge in [-0.1, -0.05) is 29.8 Å². The molecule has 0 spiro atoms. The number of hydrogen-bond acceptors (Lipinski definition) is 4. The zero-order valence-corrected chi connectivity index (χ0v) is 16.8. The molecule has 2 amide bonds. The lowest BCUT2D eigenvalue weighted by molar-refractivity contribution is 0.253. The van der Waals surface area contributed by atoms with Crippen LogP contribution in [0.1, 0.15) is 11.3 Å². The molecule has 0 aliphatic carbocycles. The third-order valence-corrected chi connectivity index (χ3v) is 6.69. The Labute approximate surface area is 172 Å². The maximum Gasteiger partial charge on any atom is 0.343 e. The van der Waals surface area contributed by atoms with Crippen molar-refractivity contribution in [3.63, 3.8) is 0 Å². The highest BCUT2D eigenvalue weighted by atomic mass is 35.5. The minimum absolute atomic E-state index is 0.0624. The van der Waals surface area contributed by atoms with Crippen molar-refractivity contribution in [1.29, 1.82) is 0 Å². The van der Waals surface area contributed by atoms with Crippen molar-refractivity contribution in [2.45, 2.75) is 18.4 Å². The van der Waals surface area contributed by atoms with Gasteiger partial charge in [-0.2, -0.15) is 4.31 Å². The number of sulfonamides is 1. The summed E-state index contributed by atoms with van der Waals surface area (Å²) in [5.41, 5.74) is 1.03. The topological polar surface area (TPSA) is 70.6 Å². The molecule has 2 aromatic carbocycles. The molecule has 1 aliphatic heterocycles. The summed E-state index contributed by atoms with van der Waals surface area (Å²) in [6.45, 7) is 1.52.